The Morgan fingerprint density at radius 3 is 1.26 bits per heavy atom. The predicted octanol–water partition coefficient (Wildman–Crippen LogP) is 6.57. The van der Waals surface area contributed by atoms with Crippen molar-refractivity contribution in [3.63, 3.8) is 0 Å². The van der Waals surface area contributed by atoms with Crippen molar-refractivity contribution in [3.8, 4) is 0 Å². The minimum Gasteiger partial charge on any atom is -0.391 e. The zero-order valence-electron chi connectivity index (χ0n) is 76.2. The SMILES string of the molecule is CCC(C)CCCCC(=O)N[C@@H](CCNCc1ccc(C(C)C)cc1)C(=O)N[C@@H](C(=O)N[C@@H](CCN)C(=O)N[C@H]1CCNC(=O)[C@@H]([C@@H](C)O)NC(=O)[C@H](CCNCc2ccc(C(C)C)cc2)NC(=O)[C@H](CCNCc2ccc(C(C)C)cc2)NC(=O)[C@H](CC(C)C)NC(=O)[C@@H](Cc2ccccc2)NC(=O)[C@H](CCNCc2ccc(C(C)C)cc2)NC1=O)[C@@H](C)O. The number of aliphatic hydroxyl groups is 2. The number of amides is 11. The molecule has 1 aliphatic heterocycles. The molecular weight excluding hydrogens is 1590 g/mol. The van der Waals surface area contributed by atoms with E-state index in [-0.39, 0.29) is 102 Å². The lowest BCUT2D eigenvalue weighted by molar-refractivity contribution is -0.137. The highest BCUT2D eigenvalue weighted by molar-refractivity contribution is 5.99. The second kappa shape index (κ2) is 54.8. The van der Waals surface area contributed by atoms with E-state index < -0.39 is 145 Å². The molecular formula is C96H146N16O13. The summed E-state index contributed by atoms with van der Waals surface area (Å²) in [7, 11) is 0. The molecule has 0 bridgehead atoms. The van der Waals surface area contributed by atoms with Gasteiger partial charge in [-0.2, -0.15) is 0 Å². The van der Waals surface area contributed by atoms with Crippen LogP contribution in [0, 0.1) is 11.8 Å². The summed E-state index contributed by atoms with van der Waals surface area (Å²) in [6.07, 6.45) is -0.745. The second-order valence-electron chi connectivity index (χ2n) is 35.2. The summed E-state index contributed by atoms with van der Waals surface area (Å²) in [5, 5.41) is 66.7. The number of carbonyl (C=O) groups excluding carboxylic acids is 11. The largest absolute Gasteiger partial charge is 0.391 e. The Morgan fingerprint density at radius 2 is 0.832 bits per heavy atom. The van der Waals surface area contributed by atoms with Crippen molar-refractivity contribution in [2.75, 3.05) is 39.3 Å². The Bertz CT molecular complexity index is 4150. The second-order valence-corrected chi connectivity index (χ2v) is 35.2. The summed E-state index contributed by atoms with van der Waals surface area (Å²) >= 11 is 0. The molecule has 0 aliphatic carbocycles. The first-order valence-corrected chi connectivity index (χ1v) is 45.2. The standard InChI is InChI=1S/C96H146N16O13/c1-15-64(12)21-19-20-24-84(115)103-77(42-48-98-55-68-25-33-72(34-26-68)60(4)5)91(120)112-86(66(14)114)96(125)108-76(41-47-97)87(116)106-81-46-52-102-95(124)85(65(13)113)111-92(121)80(45-51-101-58-71-31-39-75(40-32-71)63(10)11)105-88(117)78(43-49-99-56-69-27-35-73(36-28-69)61(6)7)107-93(122)82(53-59(2)3)109-94(123)83(54-67-22-17-16-18-23-67)110-90(119)79(104-89(81)118)44-50-100-57-70-29-37-74(38-30-70)62(8)9/h16-18,22-23,25-40,59-66,76-83,85-86,98-101,113-114H,15,19-21,24,41-58,97H2,1-14H3,(H,102,124)(H,103,115)(H,104,118)(H,105,117)(H,106,116)(H,107,122)(H,108,125)(H,109,123)(H,110,119)(H,111,121)(H,112,120)/t64?,65-,66-,76+,77+,78+,79+,80+,81+,82+,83-,85-,86-/m1/s1. The zero-order valence-corrected chi connectivity index (χ0v) is 76.2. The van der Waals surface area contributed by atoms with Gasteiger partial charge < -0.3 is 95.7 Å². The van der Waals surface area contributed by atoms with Gasteiger partial charge >= 0.3 is 0 Å². The van der Waals surface area contributed by atoms with Gasteiger partial charge in [0.05, 0.1) is 12.2 Å². The first kappa shape index (κ1) is 104. The highest BCUT2D eigenvalue weighted by Gasteiger charge is 2.38. The van der Waals surface area contributed by atoms with Crippen LogP contribution in [-0.2, 0) is 85.3 Å². The normalized spacial score (nSPS) is 19.5. The number of aliphatic hydroxyl groups excluding tert-OH is 2. The molecule has 1 aliphatic rings. The topological polar surface area (TPSA) is 435 Å². The Labute approximate surface area is 741 Å². The third-order valence-electron chi connectivity index (χ3n) is 22.8. The zero-order chi connectivity index (χ0) is 91.7. The molecule has 0 aromatic heterocycles. The average Bonchev–Trinajstić information content (AvgIpc) is 1.36. The van der Waals surface area contributed by atoms with Crippen LogP contribution in [0.25, 0.3) is 0 Å². The lowest BCUT2D eigenvalue weighted by atomic mass is 10.00. The summed E-state index contributed by atoms with van der Waals surface area (Å²) in [6.45, 7) is 28.7. The monoisotopic (exact) mass is 1730 g/mol. The van der Waals surface area contributed by atoms with E-state index in [1.807, 2.05) is 98.8 Å². The maximum absolute atomic E-state index is 15.5. The highest BCUT2D eigenvalue weighted by Crippen LogP contribution is 2.21. The van der Waals surface area contributed by atoms with Crippen LogP contribution in [-0.4, -0.2) is 187 Å². The fraction of sp³-hybridized carbons (Fsp3) is 0.573. The summed E-state index contributed by atoms with van der Waals surface area (Å²) in [5.41, 5.74) is 15.2. The number of carbonyl (C=O) groups is 11. The number of nitrogens with two attached hydrogens (primary N) is 1. The molecule has 5 aromatic carbocycles. The first-order chi connectivity index (χ1) is 59.6. The Balaban J connectivity index is 1.38. The lowest BCUT2D eigenvalue weighted by Crippen LogP contribution is -2.62. The summed E-state index contributed by atoms with van der Waals surface area (Å²) in [4.78, 5) is 164. The number of benzene rings is 5. The molecule has 11 amide bonds. The molecule has 688 valence electrons. The van der Waals surface area contributed by atoms with Gasteiger partial charge in [-0.3, -0.25) is 52.7 Å². The smallest absolute Gasteiger partial charge is 0.245 e. The van der Waals surface area contributed by atoms with Gasteiger partial charge in [0.25, 0.3) is 0 Å². The highest BCUT2D eigenvalue weighted by atomic mass is 16.3. The van der Waals surface area contributed by atoms with Crippen molar-refractivity contribution in [3.05, 3.63) is 177 Å². The Morgan fingerprint density at radius 1 is 0.424 bits per heavy atom. The van der Waals surface area contributed by atoms with Gasteiger partial charge in [-0.1, -0.05) is 230 Å². The van der Waals surface area contributed by atoms with Gasteiger partial charge in [0.1, 0.15) is 60.4 Å². The van der Waals surface area contributed by atoms with Crippen molar-refractivity contribution in [2.45, 2.75) is 303 Å². The molecule has 5 aromatic rings. The molecule has 29 heteroatoms. The van der Waals surface area contributed by atoms with Crippen molar-refractivity contribution in [2.24, 2.45) is 17.6 Å². The molecule has 0 spiro atoms. The maximum Gasteiger partial charge on any atom is 0.245 e. The molecule has 1 fully saturated rings. The molecule has 13 atom stereocenters. The lowest BCUT2D eigenvalue weighted by Gasteiger charge is -2.29. The van der Waals surface area contributed by atoms with E-state index in [0.29, 0.717) is 61.8 Å². The number of nitrogens with one attached hydrogen (secondary N) is 15. The molecule has 1 saturated heterocycles. The van der Waals surface area contributed by atoms with E-state index in [2.05, 4.69) is 161 Å². The van der Waals surface area contributed by atoms with Gasteiger partial charge in [0.2, 0.25) is 65.0 Å². The van der Waals surface area contributed by atoms with Crippen LogP contribution >= 0.6 is 0 Å². The number of hydrogen-bond acceptors (Lipinski definition) is 18. The van der Waals surface area contributed by atoms with E-state index in [9.17, 15) is 29.4 Å². The minimum atomic E-state index is -1.73. The minimum absolute atomic E-state index is 0.0232. The van der Waals surface area contributed by atoms with E-state index in [1.54, 1.807) is 30.3 Å². The van der Waals surface area contributed by atoms with E-state index in [4.69, 9.17) is 5.73 Å². The fourth-order valence-corrected chi connectivity index (χ4v) is 14.5. The van der Waals surface area contributed by atoms with E-state index >= 15 is 33.6 Å². The molecule has 125 heavy (non-hydrogen) atoms. The van der Waals surface area contributed by atoms with Crippen LogP contribution in [0.4, 0.5) is 0 Å². The molecule has 1 unspecified atom stereocenters. The molecule has 6 rings (SSSR count). The van der Waals surface area contributed by atoms with Crippen LogP contribution in [0.1, 0.15) is 248 Å². The van der Waals surface area contributed by atoms with Crippen LogP contribution in [0.3, 0.4) is 0 Å². The number of rotatable bonds is 45. The van der Waals surface area contributed by atoms with Crippen LogP contribution < -0.4 is 85.5 Å². The number of unbranched alkanes of at least 4 members (excludes halogenated alkanes) is 1. The van der Waals surface area contributed by atoms with Crippen molar-refractivity contribution < 1.29 is 63.0 Å². The van der Waals surface area contributed by atoms with Gasteiger partial charge in [-0.25, -0.2) is 0 Å². The fourth-order valence-electron chi connectivity index (χ4n) is 14.5. The summed E-state index contributed by atoms with van der Waals surface area (Å²) in [6, 6.07) is 26.1. The van der Waals surface area contributed by atoms with Crippen LogP contribution in [0.2, 0.25) is 0 Å². The predicted molar refractivity (Wildman–Crippen MR) is 489 cm³/mol. The average molecular weight is 1730 g/mol. The summed E-state index contributed by atoms with van der Waals surface area (Å²) < 4.78 is 0. The molecule has 29 nitrogen and oxygen atoms in total. The van der Waals surface area contributed by atoms with Gasteiger partial charge in [-0.05, 0) is 184 Å². The van der Waals surface area contributed by atoms with Gasteiger partial charge in [0, 0.05) is 45.6 Å². The number of hydrogen-bond donors (Lipinski definition) is 18. The van der Waals surface area contributed by atoms with Crippen molar-refractivity contribution in [1.82, 2.24) is 79.8 Å². The molecule has 0 radical (unpaired) electrons. The third kappa shape index (κ3) is 37.2. The van der Waals surface area contributed by atoms with Gasteiger partial charge in [-0.15, -0.1) is 0 Å². The maximum atomic E-state index is 15.5. The third-order valence-corrected chi connectivity index (χ3v) is 22.8. The van der Waals surface area contributed by atoms with Crippen LogP contribution in [0.5, 0.6) is 0 Å². The Kier molecular flexibility index (Phi) is 45.5. The van der Waals surface area contributed by atoms with E-state index in [0.717, 1.165) is 58.2 Å². The van der Waals surface area contributed by atoms with Crippen LogP contribution in [0.15, 0.2) is 127 Å². The Hall–Kier alpha value is -10.0. The summed E-state index contributed by atoms with van der Waals surface area (Å²) in [5.74, 6) is -7.83. The van der Waals surface area contributed by atoms with E-state index in [1.165, 1.54) is 19.4 Å². The quantitative estimate of drug-likeness (QED) is 0.0183. The van der Waals surface area contributed by atoms with Gasteiger partial charge in [0.15, 0.2) is 0 Å². The first-order valence-electron chi connectivity index (χ1n) is 45.2. The molecule has 1 heterocycles. The molecule has 19 N–H and O–H groups in total. The van der Waals surface area contributed by atoms with Crippen molar-refractivity contribution in [1.29, 1.82) is 0 Å². The molecule has 0 saturated carbocycles. The van der Waals surface area contributed by atoms with Crippen molar-refractivity contribution >= 4 is 65.0 Å².